The zero-order valence-corrected chi connectivity index (χ0v) is 44.1. The van der Waals surface area contributed by atoms with Crippen molar-refractivity contribution in [2.75, 3.05) is 72.6 Å². The Morgan fingerprint density at radius 3 is 1.94 bits per heavy atom. The quantitative estimate of drug-likeness (QED) is 0.0229. The van der Waals surface area contributed by atoms with Gasteiger partial charge in [0.15, 0.2) is 18.9 Å². The lowest BCUT2D eigenvalue weighted by atomic mass is 9.89. The van der Waals surface area contributed by atoms with Crippen LogP contribution in [-0.2, 0) is 33.2 Å². The molecule has 4 aliphatic heterocycles. The van der Waals surface area contributed by atoms with Gasteiger partial charge in [0, 0.05) is 86.5 Å². The van der Waals surface area contributed by atoms with E-state index in [0.717, 1.165) is 36.7 Å². The van der Waals surface area contributed by atoms with Crippen LogP contribution < -0.4 is 25.5 Å². The van der Waals surface area contributed by atoms with Crippen LogP contribution in [0.2, 0.25) is 0 Å². The maximum absolute atomic E-state index is 13.3. The van der Waals surface area contributed by atoms with Crippen molar-refractivity contribution in [3.63, 3.8) is 0 Å². The number of hydrogen-bond acceptors (Lipinski definition) is 20. The number of carbonyl (C=O) groups excluding carboxylic acids is 2. The number of nitrogens with one attached hydrogen (secondary N) is 2. The number of benzene rings is 3. The second kappa shape index (κ2) is 27.8. The minimum atomic E-state index is -1.89. The molecule has 430 valence electrons. The van der Waals surface area contributed by atoms with Crippen molar-refractivity contribution in [1.82, 2.24) is 15.2 Å². The first-order valence-corrected chi connectivity index (χ1v) is 26.3. The van der Waals surface area contributed by atoms with Crippen LogP contribution in [-0.4, -0.2) is 223 Å². The largest absolute Gasteiger partial charge is 0.478 e. The number of rotatable bonds is 24. The van der Waals surface area contributed by atoms with Gasteiger partial charge in [0.1, 0.15) is 80.4 Å². The van der Waals surface area contributed by atoms with Crippen LogP contribution in [0, 0.1) is 0 Å². The van der Waals surface area contributed by atoms with Gasteiger partial charge in [-0.25, -0.2) is 9.37 Å². The van der Waals surface area contributed by atoms with Gasteiger partial charge < -0.3 is 99.4 Å². The fraction of sp³-hybridized carbons (Fsp3) is 0.593. The highest BCUT2D eigenvalue weighted by Gasteiger charge is 2.53. The molecule has 0 aromatic heterocycles. The predicted molar refractivity (Wildman–Crippen MR) is 278 cm³/mol. The molecule has 0 saturated carbocycles. The molecule has 14 atom stereocenters. The second-order valence-corrected chi connectivity index (χ2v) is 20.3. The van der Waals surface area contributed by atoms with Crippen molar-refractivity contribution < 1.29 is 98.3 Å². The number of hydrogen-bond donors (Lipinski definition) is 12. The number of ether oxygens (including phenoxy) is 6. The summed E-state index contributed by atoms with van der Waals surface area (Å²) in [6.07, 6.45) is -16.9. The molecule has 78 heavy (non-hydrogen) atoms. The van der Waals surface area contributed by atoms with Crippen LogP contribution in [0.5, 0.6) is 0 Å². The first-order valence-electron chi connectivity index (χ1n) is 26.3. The lowest BCUT2D eigenvalue weighted by Crippen LogP contribution is -2.66. The Balaban J connectivity index is 0.794. The standard InChI is InChI=1S/C54H74N4O20/c1-57(2)29-13-16-33-37(22-29)74-38-23-30(58(3)4)14-17-34(38)42(33)32-15-12-28(21-35(32)51(70)71)50(69)56-19-18-55-41(63)11-9-7-5-6-8-10-20-72-52-46(67)44(65)48(39(26-60)75-52)78-54-47(68)45(66)49(40(27-61)76-54)77-53-43(64)36(62)24-31(25-59)73-53/h12-17,21-23,31,36,39-40,43-49,52-54,59-62,64-68H,5-11,18-20,24-27H2,1-4H3,(H2-,55,56,63,69,70,71)/p+1/t31-,36-,39+,40+,43+,44+,45+,46+,47+,48+,49-,52+,53+,54-/m0/s1. The number of nitrogens with zero attached hydrogens (tertiary/aromatic N) is 2. The second-order valence-electron chi connectivity index (χ2n) is 20.3. The fourth-order valence-corrected chi connectivity index (χ4v) is 9.80. The van der Waals surface area contributed by atoms with E-state index in [4.69, 9.17) is 32.8 Å². The summed E-state index contributed by atoms with van der Waals surface area (Å²) in [5.41, 5.74) is 3.37. The predicted octanol–water partition coefficient (Wildman–Crippen LogP) is -0.929. The zero-order chi connectivity index (χ0) is 56.4. The Morgan fingerprint density at radius 1 is 0.679 bits per heavy atom. The summed E-state index contributed by atoms with van der Waals surface area (Å²) in [6.45, 7) is -1.60. The van der Waals surface area contributed by atoms with Gasteiger partial charge in [0.05, 0.1) is 43.7 Å². The average molecular weight is 1100 g/mol. The summed E-state index contributed by atoms with van der Waals surface area (Å²) < 4.78 is 42.2. The molecule has 24 nitrogen and oxygen atoms in total. The highest BCUT2D eigenvalue weighted by atomic mass is 16.8. The number of carbonyl (C=O) groups is 3. The number of aromatic carboxylic acids is 1. The van der Waals surface area contributed by atoms with E-state index in [0.29, 0.717) is 46.3 Å². The van der Waals surface area contributed by atoms with Crippen molar-refractivity contribution >= 4 is 34.4 Å². The maximum atomic E-state index is 13.3. The number of anilines is 1. The van der Waals surface area contributed by atoms with Gasteiger partial charge in [-0.3, -0.25) is 9.59 Å². The number of aliphatic hydroxyl groups excluding tert-OH is 9. The molecule has 0 bridgehead atoms. The molecule has 4 heterocycles. The van der Waals surface area contributed by atoms with Crippen LogP contribution in [0.1, 0.15) is 72.1 Å². The normalized spacial score (nSPS) is 28.4. The first kappa shape index (κ1) is 60.4. The Kier molecular flexibility index (Phi) is 21.5. The minimum Gasteiger partial charge on any atom is -0.478 e. The number of carboxylic acids is 1. The van der Waals surface area contributed by atoms with Gasteiger partial charge in [0.25, 0.3) is 5.91 Å². The third kappa shape index (κ3) is 14.4. The van der Waals surface area contributed by atoms with Gasteiger partial charge in [0.2, 0.25) is 11.3 Å². The maximum Gasteiger partial charge on any atom is 0.336 e. The van der Waals surface area contributed by atoms with Crippen molar-refractivity contribution in [3.8, 4) is 22.5 Å². The molecule has 2 amide bonds. The molecule has 2 aromatic carbocycles. The van der Waals surface area contributed by atoms with E-state index >= 15 is 0 Å². The van der Waals surface area contributed by atoms with E-state index in [9.17, 15) is 65.4 Å². The molecule has 2 aromatic rings. The molecular weight excluding hydrogens is 1020 g/mol. The van der Waals surface area contributed by atoms with Gasteiger partial charge in [-0.15, -0.1) is 0 Å². The third-order valence-electron chi connectivity index (χ3n) is 14.2. The third-order valence-corrected chi connectivity index (χ3v) is 14.2. The van der Waals surface area contributed by atoms with E-state index in [1.165, 1.54) is 6.07 Å². The van der Waals surface area contributed by atoms with Gasteiger partial charge in [-0.1, -0.05) is 31.7 Å². The summed E-state index contributed by atoms with van der Waals surface area (Å²) in [6, 6.07) is 16.1. The van der Waals surface area contributed by atoms with Crippen molar-refractivity contribution in [2.24, 2.45) is 0 Å². The molecule has 1 aliphatic carbocycles. The number of aliphatic hydroxyl groups is 9. The van der Waals surface area contributed by atoms with Crippen molar-refractivity contribution in [1.29, 1.82) is 0 Å². The van der Waals surface area contributed by atoms with E-state index in [1.807, 2.05) is 74.1 Å². The molecule has 3 fully saturated rings. The molecule has 0 spiro atoms. The fourth-order valence-electron chi connectivity index (χ4n) is 9.80. The number of fused-ring (bicyclic) bond motifs is 2. The number of carboxylic acid groups (broad SMARTS) is 1. The van der Waals surface area contributed by atoms with E-state index in [1.54, 1.807) is 12.1 Å². The molecule has 12 N–H and O–H groups in total. The SMILES string of the molecule is CN(C)c1ccc2c(-c3ccc(C(=O)NCCNC(=O)CCCCCCCCO[C@@H]4O[C@H](CO)[C@@H](O[C@@H]5O[C@H](CO)[C@H](O[C@H]6O[C@H](CO)C[C@H](O)[C@H]6O)[C@H](O)[C@H]5O)[C@H](O)[C@H]4O)cc3C(=O)O)c3ccc(=[N+](C)C)cc-3oc2c1. The monoisotopic (exact) mass is 1100 g/mol. The molecule has 7 rings (SSSR count). The van der Waals surface area contributed by atoms with Crippen molar-refractivity contribution in [3.05, 3.63) is 71.1 Å². The summed E-state index contributed by atoms with van der Waals surface area (Å²) in [5, 5.41) is 112. The number of amides is 2. The van der Waals surface area contributed by atoms with Crippen LogP contribution in [0.15, 0.2) is 59.0 Å². The average Bonchev–Trinajstić information content (AvgIpc) is 3.48. The molecule has 24 heteroatoms. The zero-order valence-electron chi connectivity index (χ0n) is 44.1. The Labute approximate surface area is 450 Å². The molecule has 3 saturated heterocycles. The van der Waals surface area contributed by atoms with Crippen LogP contribution in [0.25, 0.3) is 33.4 Å². The Hall–Kier alpha value is -5.26. The van der Waals surface area contributed by atoms with Gasteiger partial charge in [-0.2, -0.15) is 0 Å². The van der Waals surface area contributed by atoms with Crippen molar-refractivity contribution in [2.45, 2.75) is 137 Å². The topological polar surface area (TPSA) is 352 Å². The lowest BCUT2D eigenvalue weighted by Gasteiger charge is -2.47. The Morgan fingerprint density at radius 2 is 1.29 bits per heavy atom. The van der Waals surface area contributed by atoms with E-state index < -0.39 is 118 Å². The van der Waals surface area contributed by atoms with Gasteiger partial charge >= 0.3 is 5.97 Å². The summed E-state index contributed by atoms with van der Waals surface area (Å²) >= 11 is 0. The molecule has 0 radical (unpaired) electrons. The molecule has 0 unspecified atom stereocenters. The summed E-state index contributed by atoms with van der Waals surface area (Å²) in [5.74, 6) is -1.30. The highest BCUT2D eigenvalue weighted by molar-refractivity contribution is 6.09. The number of unbranched alkanes of at least 4 members (excludes halogenated alkanes) is 5. The molecule has 5 aliphatic rings. The Bertz CT molecular complexity index is 2680. The smallest absolute Gasteiger partial charge is 0.336 e. The van der Waals surface area contributed by atoms with Crippen LogP contribution in [0.3, 0.4) is 0 Å². The highest BCUT2D eigenvalue weighted by Crippen LogP contribution is 2.42. The van der Waals surface area contributed by atoms with Crippen LogP contribution >= 0.6 is 0 Å². The molecular formula is C54H75N4O20+. The first-order chi connectivity index (χ1) is 37.3. The lowest BCUT2D eigenvalue weighted by molar-refractivity contribution is -0.375. The minimum absolute atomic E-state index is 0.0568. The van der Waals surface area contributed by atoms with E-state index in [2.05, 4.69) is 10.6 Å². The van der Waals surface area contributed by atoms with Crippen LogP contribution in [0.4, 0.5) is 5.69 Å². The van der Waals surface area contributed by atoms with Gasteiger partial charge in [-0.05, 0) is 48.7 Å². The van der Waals surface area contributed by atoms with E-state index in [-0.39, 0.29) is 49.6 Å². The summed E-state index contributed by atoms with van der Waals surface area (Å²) in [7, 11) is 7.68. The summed E-state index contributed by atoms with van der Waals surface area (Å²) in [4.78, 5) is 40.6.